The van der Waals surface area contributed by atoms with Crippen LogP contribution in [0, 0.1) is 5.41 Å². The van der Waals surface area contributed by atoms with Crippen LogP contribution in [-0.4, -0.2) is 20.8 Å². The van der Waals surface area contributed by atoms with Gasteiger partial charge in [0.2, 0.25) is 0 Å². The minimum Gasteiger partial charge on any atom is -0.480 e. The van der Waals surface area contributed by atoms with Gasteiger partial charge in [-0.3, -0.25) is 9.59 Å². The van der Waals surface area contributed by atoms with E-state index in [0.717, 1.165) is 0 Å². The van der Waals surface area contributed by atoms with Crippen molar-refractivity contribution in [2.45, 2.75) is 24.7 Å². The summed E-state index contributed by atoms with van der Waals surface area (Å²) in [7, 11) is 0. The van der Waals surface area contributed by atoms with Crippen LogP contribution in [0.15, 0.2) is 0 Å². The molecule has 64 valence electrons. The van der Waals surface area contributed by atoms with Crippen LogP contribution >= 0.6 is 22.6 Å². The lowest BCUT2D eigenvalue weighted by atomic mass is 9.89. The van der Waals surface area contributed by atoms with E-state index in [9.17, 15) is 9.59 Å². The first-order valence-corrected chi connectivity index (χ1v) is 4.42. The molecule has 0 aromatic rings. The number of carbonyl (C=O) groups is 2. The second-order valence-corrected chi connectivity index (χ2v) is 4.56. The topological polar surface area (TPSA) is 54.4 Å². The number of aliphatic carboxylic acids is 1. The first-order valence-electron chi connectivity index (χ1n) is 3.18. The molecule has 3 nitrogen and oxygen atoms in total. The zero-order valence-electron chi connectivity index (χ0n) is 6.72. The molecule has 0 spiro atoms. The van der Waals surface area contributed by atoms with E-state index >= 15 is 0 Å². The van der Waals surface area contributed by atoms with Crippen molar-refractivity contribution in [2.75, 3.05) is 0 Å². The molecule has 0 bridgehead atoms. The van der Waals surface area contributed by atoms with E-state index in [2.05, 4.69) is 0 Å². The van der Waals surface area contributed by atoms with E-state index in [4.69, 9.17) is 5.11 Å². The zero-order valence-corrected chi connectivity index (χ0v) is 8.88. The molecular weight excluding hydrogens is 259 g/mol. The molecule has 11 heavy (non-hydrogen) atoms. The van der Waals surface area contributed by atoms with Gasteiger partial charge in [-0.1, -0.05) is 43.4 Å². The fraction of sp³-hybridized carbons (Fsp3) is 0.714. The maximum Gasteiger partial charge on any atom is 0.324 e. The SMILES string of the molecule is CC(C)(C)C(=O)C(I)C(=O)O. The highest BCUT2D eigenvalue weighted by molar-refractivity contribution is 14.1. The van der Waals surface area contributed by atoms with Crippen LogP contribution in [0.2, 0.25) is 0 Å². The van der Waals surface area contributed by atoms with Gasteiger partial charge in [0.05, 0.1) is 0 Å². The highest BCUT2D eigenvalue weighted by Crippen LogP contribution is 2.20. The number of ketones is 1. The quantitative estimate of drug-likeness (QED) is 0.470. The fourth-order valence-corrected chi connectivity index (χ4v) is 1.43. The smallest absolute Gasteiger partial charge is 0.324 e. The average Bonchev–Trinajstić information content (AvgIpc) is 1.82. The zero-order chi connectivity index (χ0) is 9.23. The summed E-state index contributed by atoms with van der Waals surface area (Å²) in [5, 5.41) is 8.49. The van der Waals surface area contributed by atoms with Crippen LogP contribution < -0.4 is 0 Å². The highest BCUT2D eigenvalue weighted by Gasteiger charge is 2.32. The molecule has 1 unspecified atom stereocenters. The van der Waals surface area contributed by atoms with Crippen LogP contribution in [0.5, 0.6) is 0 Å². The lowest BCUT2D eigenvalue weighted by molar-refractivity contribution is -0.140. The van der Waals surface area contributed by atoms with E-state index in [-0.39, 0.29) is 5.78 Å². The molecule has 0 aliphatic rings. The number of alkyl halides is 1. The van der Waals surface area contributed by atoms with Crippen LogP contribution in [0.1, 0.15) is 20.8 Å². The number of carbonyl (C=O) groups excluding carboxylic acids is 1. The van der Waals surface area contributed by atoms with E-state index in [1.807, 2.05) is 0 Å². The molecule has 0 aliphatic carbocycles. The highest BCUT2D eigenvalue weighted by atomic mass is 127. The van der Waals surface area contributed by atoms with Crippen LogP contribution in [-0.2, 0) is 9.59 Å². The van der Waals surface area contributed by atoms with E-state index in [1.165, 1.54) is 0 Å². The summed E-state index contributed by atoms with van der Waals surface area (Å²) in [5.74, 6) is -1.31. The minimum absolute atomic E-state index is 0.245. The standard InChI is InChI=1S/C7H11IO3/c1-7(2,3)5(9)4(8)6(10)11/h4H,1-3H3,(H,10,11). The maximum absolute atomic E-state index is 11.2. The summed E-state index contributed by atoms with van der Waals surface area (Å²) >= 11 is 1.63. The number of carboxylic acid groups (broad SMARTS) is 1. The summed E-state index contributed by atoms with van der Waals surface area (Å²) in [6, 6.07) is 0. The van der Waals surface area contributed by atoms with Crippen molar-refractivity contribution in [3.8, 4) is 0 Å². The Balaban J connectivity index is 4.39. The first kappa shape index (κ1) is 10.9. The molecule has 0 amide bonds. The second kappa shape index (κ2) is 3.51. The van der Waals surface area contributed by atoms with Gasteiger partial charge in [0.1, 0.15) is 0 Å². The van der Waals surface area contributed by atoms with Gasteiger partial charge in [-0.2, -0.15) is 0 Å². The molecular formula is C7H11IO3. The Morgan fingerprint density at radius 2 is 1.73 bits per heavy atom. The summed E-state index contributed by atoms with van der Waals surface area (Å²) in [6.45, 7) is 5.14. The van der Waals surface area contributed by atoms with E-state index < -0.39 is 15.3 Å². The Labute approximate surface area is 79.3 Å². The Kier molecular flexibility index (Phi) is 3.47. The van der Waals surface area contributed by atoms with Crippen molar-refractivity contribution in [3.05, 3.63) is 0 Å². The molecule has 0 heterocycles. The Morgan fingerprint density at radius 1 is 1.36 bits per heavy atom. The second-order valence-electron chi connectivity index (χ2n) is 3.32. The van der Waals surface area contributed by atoms with Gasteiger partial charge in [0.25, 0.3) is 0 Å². The van der Waals surface area contributed by atoms with Gasteiger partial charge in [0.15, 0.2) is 9.71 Å². The molecule has 0 saturated carbocycles. The van der Waals surface area contributed by atoms with Crippen molar-refractivity contribution in [3.63, 3.8) is 0 Å². The Hall–Kier alpha value is -0.130. The summed E-state index contributed by atoms with van der Waals surface area (Å²) in [4.78, 5) is 21.6. The van der Waals surface area contributed by atoms with Crippen LogP contribution in [0.25, 0.3) is 0 Å². The number of hydrogen-bond donors (Lipinski definition) is 1. The first-order chi connectivity index (χ1) is 4.76. The Morgan fingerprint density at radius 3 is 1.82 bits per heavy atom. The normalized spacial score (nSPS) is 14.2. The van der Waals surface area contributed by atoms with Crippen molar-refractivity contribution >= 4 is 34.3 Å². The molecule has 1 N–H and O–H groups in total. The Bertz CT molecular complexity index is 181. The third-order valence-electron chi connectivity index (χ3n) is 1.19. The van der Waals surface area contributed by atoms with Gasteiger partial charge in [0, 0.05) is 5.41 Å². The lowest BCUT2D eigenvalue weighted by Gasteiger charge is -2.17. The lowest BCUT2D eigenvalue weighted by Crippen LogP contribution is -2.33. The number of rotatable bonds is 2. The fourth-order valence-electron chi connectivity index (χ4n) is 0.492. The van der Waals surface area contributed by atoms with Gasteiger partial charge in [-0.25, -0.2) is 0 Å². The molecule has 0 aromatic carbocycles. The van der Waals surface area contributed by atoms with Crippen LogP contribution in [0.4, 0.5) is 0 Å². The van der Waals surface area contributed by atoms with Crippen molar-refractivity contribution < 1.29 is 14.7 Å². The number of hydrogen-bond acceptors (Lipinski definition) is 2. The molecule has 0 rings (SSSR count). The third kappa shape index (κ3) is 3.18. The number of Topliss-reactive ketones (excluding diaryl/α,β-unsaturated/α-hetero) is 1. The largest absolute Gasteiger partial charge is 0.480 e. The monoisotopic (exact) mass is 270 g/mol. The predicted molar refractivity (Wildman–Crippen MR) is 49.9 cm³/mol. The minimum atomic E-state index is -1.06. The number of carboxylic acids is 1. The summed E-state index contributed by atoms with van der Waals surface area (Å²) < 4.78 is -0.924. The van der Waals surface area contributed by atoms with E-state index in [0.29, 0.717) is 0 Å². The van der Waals surface area contributed by atoms with Crippen molar-refractivity contribution in [1.82, 2.24) is 0 Å². The molecule has 0 fully saturated rings. The van der Waals surface area contributed by atoms with E-state index in [1.54, 1.807) is 43.4 Å². The third-order valence-corrected chi connectivity index (χ3v) is 2.28. The average molecular weight is 270 g/mol. The van der Waals surface area contributed by atoms with Gasteiger partial charge >= 0.3 is 5.97 Å². The van der Waals surface area contributed by atoms with Crippen molar-refractivity contribution in [1.29, 1.82) is 0 Å². The molecule has 1 atom stereocenters. The molecule has 0 radical (unpaired) electrons. The maximum atomic E-state index is 11.2. The van der Waals surface area contributed by atoms with Gasteiger partial charge < -0.3 is 5.11 Å². The summed E-state index contributed by atoms with van der Waals surface area (Å²) in [6.07, 6.45) is 0. The van der Waals surface area contributed by atoms with Gasteiger partial charge in [-0.15, -0.1) is 0 Å². The molecule has 0 aliphatic heterocycles. The number of halogens is 1. The molecule has 4 heteroatoms. The predicted octanol–water partition coefficient (Wildman–Crippen LogP) is 1.49. The van der Waals surface area contributed by atoms with Gasteiger partial charge in [-0.05, 0) is 0 Å². The molecule has 0 aromatic heterocycles. The van der Waals surface area contributed by atoms with Crippen molar-refractivity contribution in [2.24, 2.45) is 5.41 Å². The van der Waals surface area contributed by atoms with Crippen LogP contribution in [0.3, 0.4) is 0 Å². The summed E-state index contributed by atoms with van der Waals surface area (Å²) in [5.41, 5.74) is -0.565. The molecule has 0 saturated heterocycles.